The number of rotatable bonds is 3. The number of aromatic nitrogens is 1. The van der Waals surface area contributed by atoms with Gasteiger partial charge in [-0.15, -0.1) is 0 Å². The molecule has 4 bridgehead atoms. The maximum absolute atomic E-state index is 12.3. The van der Waals surface area contributed by atoms with Gasteiger partial charge in [0.2, 0.25) is 5.91 Å². The highest BCUT2D eigenvalue weighted by Gasteiger charge is 2.51. The molecule has 0 unspecified atom stereocenters. The van der Waals surface area contributed by atoms with Gasteiger partial charge in [0.15, 0.2) is 5.13 Å². The molecule has 4 aliphatic carbocycles. The summed E-state index contributed by atoms with van der Waals surface area (Å²) in [5.41, 5.74) is 0.313. The largest absolute Gasteiger partial charge is 0.302 e. The number of carbonyl (C=O) groups is 1. The van der Waals surface area contributed by atoms with E-state index in [4.69, 9.17) is 0 Å². The molecule has 3 nitrogen and oxygen atoms in total. The van der Waals surface area contributed by atoms with Crippen molar-refractivity contribution in [1.82, 2.24) is 4.98 Å². The quantitative estimate of drug-likeness (QED) is 0.870. The molecule has 5 rings (SSSR count). The van der Waals surface area contributed by atoms with E-state index >= 15 is 0 Å². The first-order valence-corrected chi connectivity index (χ1v) is 9.12. The molecule has 0 radical (unpaired) electrons. The van der Waals surface area contributed by atoms with Crippen molar-refractivity contribution in [2.75, 3.05) is 5.32 Å². The monoisotopic (exact) mass is 354 g/mol. The number of amides is 1. The maximum Gasteiger partial charge on any atom is 0.226 e. The van der Waals surface area contributed by atoms with Gasteiger partial charge in [0.25, 0.3) is 0 Å². The van der Waals surface area contributed by atoms with E-state index < -0.39 is 0 Å². The summed E-state index contributed by atoms with van der Waals surface area (Å²) in [5, 5.41) is 3.69. The lowest BCUT2D eigenvalue weighted by Gasteiger charge is -2.56. The Labute approximate surface area is 131 Å². The minimum atomic E-state index is 0.161. The second-order valence-corrected chi connectivity index (χ2v) is 9.52. The van der Waals surface area contributed by atoms with Crippen molar-refractivity contribution in [2.45, 2.75) is 44.9 Å². The summed E-state index contributed by atoms with van der Waals surface area (Å²) in [6, 6.07) is 0. The zero-order valence-electron chi connectivity index (χ0n) is 11.4. The average Bonchev–Trinajstić information content (AvgIpc) is 2.71. The fraction of sp³-hybridized carbons (Fsp3) is 0.733. The highest BCUT2D eigenvalue weighted by atomic mass is 79.9. The number of nitrogens with zero attached hydrogens (tertiary/aromatic N) is 1. The van der Waals surface area contributed by atoms with Crippen LogP contribution in [0.4, 0.5) is 5.13 Å². The summed E-state index contributed by atoms with van der Waals surface area (Å²) in [4.78, 5) is 16.5. The van der Waals surface area contributed by atoms with Crippen molar-refractivity contribution in [3.8, 4) is 0 Å². The Hall–Kier alpha value is -0.420. The van der Waals surface area contributed by atoms with Crippen LogP contribution in [0.25, 0.3) is 0 Å². The molecule has 0 aromatic carbocycles. The SMILES string of the molecule is O=C(CC12CC3CC(CC(C3)C1)C2)Nc1ncc(Br)s1. The first kappa shape index (κ1) is 13.3. The molecule has 0 spiro atoms. The van der Waals surface area contributed by atoms with Crippen molar-refractivity contribution in [1.29, 1.82) is 0 Å². The maximum atomic E-state index is 12.3. The van der Waals surface area contributed by atoms with Crippen LogP contribution in [0.1, 0.15) is 44.9 Å². The van der Waals surface area contributed by atoms with E-state index in [0.29, 0.717) is 17.0 Å². The molecule has 4 fully saturated rings. The van der Waals surface area contributed by atoms with Crippen LogP contribution >= 0.6 is 27.3 Å². The zero-order chi connectivity index (χ0) is 13.7. The molecule has 108 valence electrons. The summed E-state index contributed by atoms with van der Waals surface area (Å²) in [6.07, 6.45) is 10.6. The summed E-state index contributed by atoms with van der Waals surface area (Å²) in [6.45, 7) is 0. The number of anilines is 1. The molecule has 1 heterocycles. The van der Waals surface area contributed by atoms with Gasteiger partial charge in [0.05, 0.1) is 9.98 Å². The molecule has 1 amide bonds. The van der Waals surface area contributed by atoms with Crippen molar-refractivity contribution < 1.29 is 4.79 Å². The van der Waals surface area contributed by atoms with Gasteiger partial charge in [-0.05, 0) is 77.6 Å². The summed E-state index contributed by atoms with van der Waals surface area (Å²) < 4.78 is 0.961. The van der Waals surface area contributed by atoms with Gasteiger partial charge >= 0.3 is 0 Å². The normalized spacial score (nSPS) is 38.1. The first-order chi connectivity index (χ1) is 9.60. The first-order valence-electron chi connectivity index (χ1n) is 7.51. The standard InChI is InChI=1S/C15H19BrN2OS/c16-12-8-17-14(20-12)18-13(19)7-15-4-9-1-10(5-15)3-11(2-9)6-15/h8-11H,1-7H2,(H,17,18,19). The predicted molar refractivity (Wildman–Crippen MR) is 83.7 cm³/mol. The smallest absolute Gasteiger partial charge is 0.226 e. The number of hydrogen-bond acceptors (Lipinski definition) is 3. The molecule has 20 heavy (non-hydrogen) atoms. The van der Waals surface area contributed by atoms with Crippen molar-refractivity contribution in [2.24, 2.45) is 23.2 Å². The van der Waals surface area contributed by atoms with E-state index in [2.05, 4.69) is 26.2 Å². The van der Waals surface area contributed by atoms with Crippen LogP contribution in [0.15, 0.2) is 9.98 Å². The molecule has 0 aliphatic heterocycles. The minimum Gasteiger partial charge on any atom is -0.302 e. The third-order valence-corrected chi connectivity index (χ3v) is 6.82. The Morgan fingerprint density at radius 2 is 1.90 bits per heavy atom. The van der Waals surface area contributed by atoms with Gasteiger partial charge in [-0.1, -0.05) is 11.3 Å². The van der Waals surface area contributed by atoms with Crippen LogP contribution in [0.2, 0.25) is 0 Å². The number of thiazole rings is 1. The lowest BCUT2D eigenvalue weighted by molar-refractivity contribution is -0.124. The highest BCUT2D eigenvalue weighted by molar-refractivity contribution is 9.11. The Balaban J connectivity index is 1.44. The molecule has 4 aliphatic rings. The number of carbonyl (C=O) groups excluding carboxylic acids is 1. The highest BCUT2D eigenvalue weighted by Crippen LogP contribution is 2.61. The predicted octanol–water partition coefficient (Wildman–Crippen LogP) is 4.45. The number of halogens is 1. The fourth-order valence-corrected chi connectivity index (χ4v) is 6.45. The Kier molecular flexibility index (Phi) is 3.18. The van der Waals surface area contributed by atoms with E-state index in [9.17, 15) is 4.79 Å². The van der Waals surface area contributed by atoms with Gasteiger partial charge in [-0.25, -0.2) is 4.98 Å². The van der Waals surface area contributed by atoms with Crippen LogP contribution in [-0.4, -0.2) is 10.9 Å². The van der Waals surface area contributed by atoms with Gasteiger partial charge in [-0.3, -0.25) is 4.79 Å². The third-order valence-electron chi connectivity index (χ3n) is 5.42. The van der Waals surface area contributed by atoms with Gasteiger partial charge < -0.3 is 5.32 Å². The molecular weight excluding hydrogens is 336 g/mol. The summed E-state index contributed by atoms with van der Waals surface area (Å²) in [5.74, 6) is 2.88. The number of hydrogen-bond donors (Lipinski definition) is 1. The molecule has 1 aromatic rings. The van der Waals surface area contributed by atoms with Crippen LogP contribution < -0.4 is 5.32 Å². The van der Waals surface area contributed by atoms with Gasteiger partial charge in [-0.2, -0.15) is 0 Å². The topological polar surface area (TPSA) is 42.0 Å². The van der Waals surface area contributed by atoms with E-state index in [1.807, 2.05) is 0 Å². The second-order valence-electron chi connectivity index (χ2n) is 7.11. The van der Waals surface area contributed by atoms with Crippen LogP contribution in [0, 0.1) is 23.2 Å². The Bertz CT molecular complexity index is 506. The van der Waals surface area contributed by atoms with Crippen molar-refractivity contribution in [3.63, 3.8) is 0 Å². The molecule has 5 heteroatoms. The van der Waals surface area contributed by atoms with E-state index in [0.717, 1.165) is 21.5 Å². The Morgan fingerprint density at radius 1 is 1.30 bits per heavy atom. The lowest BCUT2D eigenvalue weighted by atomic mass is 9.49. The second kappa shape index (κ2) is 4.80. The zero-order valence-corrected chi connectivity index (χ0v) is 13.8. The van der Waals surface area contributed by atoms with Crippen LogP contribution in [0.3, 0.4) is 0 Å². The molecule has 0 atom stereocenters. The summed E-state index contributed by atoms with van der Waals surface area (Å²) >= 11 is 4.86. The van der Waals surface area contributed by atoms with E-state index in [1.165, 1.54) is 49.9 Å². The molecule has 1 aromatic heterocycles. The minimum absolute atomic E-state index is 0.161. The van der Waals surface area contributed by atoms with Crippen LogP contribution in [0.5, 0.6) is 0 Å². The fourth-order valence-electron chi connectivity index (χ4n) is 5.32. The molecule has 1 N–H and O–H groups in total. The Morgan fingerprint density at radius 3 is 2.40 bits per heavy atom. The molecule has 4 saturated carbocycles. The molecular formula is C15H19BrN2OS. The summed E-state index contributed by atoms with van der Waals surface area (Å²) in [7, 11) is 0. The van der Waals surface area contributed by atoms with E-state index in [1.54, 1.807) is 6.20 Å². The van der Waals surface area contributed by atoms with Crippen molar-refractivity contribution in [3.05, 3.63) is 9.98 Å². The molecule has 0 saturated heterocycles. The van der Waals surface area contributed by atoms with Crippen LogP contribution in [-0.2, 0) is 4.79 Å². The van der Waals surface area contributed by atoms with Gasteiger partial charge in [0.1, 0.15) is 0 Å². The number of nitrogens with one attached hydrogen (secondary N) is 1. The third kappa shape index (κ3) is 2.43. The van der Waals surface area contributed by atoms with Crippen molar-refractivity contribution >= 4 is 38.3 Å². The average molecular weight is 355 g/mol. The van der Waals surface area contributed by atoms with Gasteiger partial charge in [0, 0.05) is 6.42 Å². The van der Waals surface area contributed by atoms with E-state index in [-0.39, 0.29) is 5.91 Å². The lowest BCUT2D eigenvalue weighted by Crippen LogP contribution is -2.47.